The van der Waals surface area contributed by atoms with Crippen molar-refractivity contribution in [2.24, 2.45) is 0 Å². The van der Waals surface area contributed by atoms with E-state index in [1.807, 2.05) is 0 Å². The number of ether oxygens (including phenoxy) is 1. The molecule has 2 aromatic carbocycles. The minimum atomic E-state index is -5.12. The lowest BCUT2D eigenvalue weighted by Gasteiger charge is -2.39. The number of aromatic nitrogens is 3. The molecule has 250 valence electrons. The van der Waals surface area contributed by atoms with E-state index in [0.717, 1.165) is 47.5 Å². The van der Waals surface area contributed by atoms with E-state index in [1.54, 1.807) is 11.1 Å². The Balaban J connectivity index is 1.25. The first kappa shape index (κ1) is 32.8. The van der Waals surface area contributed by atoms with Crippen LogP contribution in [0.4, 0.5) is 35.9 Å². The predicted octanol–water partition coefficient (Wildman–Crippen LogP) is 5.22. The molecule has 0 bridgehead atoms. The Labute approximate surface area is 266 Å². The summed E-state index contributed by atoms with van der Waals surface area (Å²) in [4.78, 5) is 28.2. The monoisotopic (exact) mass is 704 g/mol. The molecule has 1 saturated heterocycles. The van der Waals surface area contributed by atoms with E-state index in [4.69, 9.17) is 0 Å². The number of nitrogens with one attached hydrogen (secondary N) is 1. The van der Waals surface area contributed by atoms with Gasteiger partial charge in [0.2, 0.25) is 15.9 Å². The molecule has 0 radical (unpaired) electrons. The molecule has 0 spiro atoms. The highest BCUT2D eigenvalue weighted by atomic mass is 32.2. The van der Waals surface area contributed by atoms with E-state index < -0.39 is 63.1 Å². The normalized spacial score (nSPS) is 18.0. The number of nitrogens with zero attached hydrogens (tertiary/aromatic N) is 5. The van der Waals surface area contributed by atoms with Gasteiger partial charge in [-0.25, -0.2) is 22.8 Å². The number of halogens is 7. The fourth-order valence-corrected chi connectivity index (χ4v) is 7.46. The molecule has 4 aromatic rings. The highest BCUT2D eigenvalue weighted by Crippen LogP contribution is 2.39. The number of carbonyl (C=O) groups excluding carboxylic acids is 1. The van der Waals surface area contributed by atoms with Crippen molar-refractivity contribution >= 4 is 42.7 Å². The van der Waals surface area contributed by atoms with Crippen molar-refractivity contribution in [1.29, 1.82) is 0 Å². The molecule has 2 fully saturated rings. The SMILES string of the molecule is O=C(NCc1ccc(OC(F)(F)F)c(F)c1)C1CN(c2nc3nc(C4CC4)ncc3s2)CCN1S(=O)(=O)c1ccc(C(F)(F)F)cc1. The van der Waals surface area contributed by atoms with Crippen molar-refractivity contribution in [3.05, 3.63) is 71.4 Å². The zero-order valence-corrected chi connectivity index (χ0v) is 25.5. The highest BCUT2D eigenvalue weighted by molar-refractivity contribution is 7.89. The summed E-state index contributed by atoms with van der Waals surface area (Å²) in [5.41, 5.74) is -0.563. The van der Waals surface area contributed by atoms with E-state index in [9.17, 15) is 43.9 Å². The van der Waals surface area contributed by atoms with Crippen molar-refractivity contribution in [3.8, 4) is 5.75 Å². The first-order valence-corrected chi connectivity index (χ1v) is 16.2. The van der Waals surface area contributed by atoms with Gasteiger partial charge < -0.3 is 15.0 Å². The number of thiazole rings is 1. The number of piperazine rings is 1. The van der Waals surface area contributed by atoms with E-state index >= 15 is 0 Å². The summed E-state index contributed by atoms with van der Waals surface area (Å²) in [6.07, 6.45) is -6.22. The summed E-state index contributed by atoms with van der Waals surface area (Å²) >= 11 is 1.23. The first-order valence-electron chi connectivity index (χ1n) is 14.0. The summed E-state index contributed by atoms with van der Waals surface area (Å²) in [5, 5.41) is 2.92. The average Bonchev–Trinajstić information content (AvgIpc) is 3.78. The third-order valence-corrected chi connectivity index (χ3v) is 10.4. The number of fused-ring (bicyclic) bond motifs is 1. The molecule has 1 N–H and O–H groups in total. The largest absolute Gasteiger partial charge is 0.573 e. The van der Waals surface area contributed by atoms with Gasteiger partial charge in [0.25, 0.3) is 0 Å². The zero-order valence-electron chi connectivity index (χ0n) is 23.8. The fraction of sp³-hybridized carbons (Fsp3) is 0.357. The molecule has 1 atom stereocenters. The van der Waals surface area contributed by atoms with Crippen LogP contribution in [0.2, 0.25) is 0 Å². The second kappa shape index (κ2) is 12.2. The molecule has 47 heavy (non-hydrogen) atoms. The third-order valence-electron chi connectivity index (χ3n) is 7.48. The Morgan fingerprint density at radius 1 is 1.02 bits per heavy atom. The molecule has 19 heteroatoms. The van der Waals surface area contributed by atoms with Crippen LogP contribution in [0.3, 0.4) is 0 Å². The van der Waals surface area contributed by atoms with Crippen LogP contribution in [0.5, 0.6) is 5.75 Å². The molecule has 1 aliphatic heterocycles. The van der Waals surface area contributed by atoms with E-state index in [-0.39, 0.29) is 31.1 Å². The number of hydrogen-bond acceptors (Lipinski definition) is 9. The molecular formula is C28H23F7N6O4S2. The van der Waals surface area contributed by atoms with Gasteiger partial charge in [-0.3, -0.25) is 4.79 Å². The minimum Gasteiger partial charge on any atom is -0.403 e. The second-order valence-corrected chi connectivity index (χ2v) is 13.7. The molecular weight excluding hydrogens is 681 g/mol. The van der Waals surface area contributed by atoms with Gasteiger partial charge in [-0.15, -0.1) is 13.2 Å². The Bertz CT molecular complexity index is 1920. The van der Waals surface area contributed by atoms with Crippen LogP contribution >= 0.6 is 11.3 Å². The van der Waals surface area contributed by atoms with Gasteiger partial charge in [0.1, 0.15) is 11.9 Å². The van der Waals surface area contributed by atoms with Crippen molar-refractivity contribution in [3.63, 3.8) is 0 Å². The Morgan fingerprint density at radius 2 is 1.74 bits per heavy atom. The smallest absolute Gasteiger partial charge is 0.403 e. The molecule has 2 aromatic heterocycles. The van der Waals surface area contributed by atoms with Crippen LogP contribution < -0.4 is 15.0 Å². The zero-order chi connectivity index (χ0) is 33.7. The molecule has 1 saturated carbocycles. The molecule has 2 aliphatic rings. The predicted molar refractivity (Wildman–Crippen MR) is 153 cm³/mol. The molecule has 3 heterocycles. The summed E-state index contributed by atoms with van der Waals surface area (Å²) in [6.45, 7) is -0.804. The van der Waals surface area contributed by atoms with Crippen LogP contribution in [0.25, 0.3) is 10.3 Å². The Morgan fingerprint density at radius 3 is 2.38 bits per heavy atom. The lowest BCUT2D eigenvalue weighted by molar-refractivity contribution is -0.275. The maximum Gasteiger partial charge on any atom is 0.573 e. The molecule has 1 amide bonds. The van der Waals surface area contributed by atoms with Gasteiger partial charge in [-0.05, 0) is 54.8 Å². The minimum absolute atomic E-state index is 0.0476. The van der Waals surface area contributed by atoms with Crippen molar-refractivity contribution in [2.75, 3.05) is 24.5 Å². The van der Waals surface area contributed by atoms with Gasteiger partial charge in [-0.2, -0.15) is 22.5 Å². The lowest BCUT2D eigenvalue weighted by Crippen LogP contribution is -2.60. The van der Waals surface area contributed by atoms with Gasteiger partial charge in [-0.1, -0.05) is 17.4 Å². The number of rotatable bonds is 8. The second-order valence-electron chi connectivity index (χ2n) is 10.8. The van der Waals surface area contributed by atoms with Gasteiger partial charge in [0, 0.05) is 32.1 Å². The summed E-state index contributed by atoms with van der Waals surface area (Å²) < 4.78 is 124. The number of carbonyl (C=O) groups is 1. The fourth-order valence-electron chi connectivity index (χ4n) is 4.97. The van der Waals surface area contributed by atoms with Crippen LogP contribution in [0, 0.1) is 5.82 Å². The van der Waals surface area contributed by atoms with Gasteiger partial charge >= 0.3 is 12.5 Å². The molecule has 1 aliphatic carbocycles. The highest BCUT2D eigenvalue weighted by Gasteiger charge is 2.41. The number of sulfonamides is 1. The summed E-state index contributed by atoms with van der Waals surface area (Å²) in [7, 11) is -4.51. The number of benzene rings is 2. The Hall–Kier alpha value is -4.10. The average molecular weight is 705 g/mol. The van der Waals surface area contributed by atoms with Crippen LogP contribution in [-0.2, 0) is 27.5 Å². The number of alkyl halides is 6. The maximum absolute atomic E-state index is 14.2. The first-order chi connectivity index (χ1) is 22.1. The summed E-state index contributed by atoms with van der Waals surface area (Å²) in [5.74, 6) is -2.31. The topological polar surface area (TPSA) is 118 Å². The molecule has 1 unspecified atom stereocenters. The third kappa shape index (κ3) is 7.25. The van der Waals surface area contributed by atoms with Crippen molar-refractivity contribution in [2.45, 2.75) is 48.8 Å². The van der Waals surface area contributed by atoms with Gasteiger partial charge in [0.05, 0.1) is 21.4 Å². The van der Waals surface area contributed by atoms with Crippen LogP contribution in [0.1, 0.15) is 35.7 Å². The molecule has 6 rings (SSSR count). The number of amides is 1. The summed E-state index contributed by atoms with van der Waals surface area (Å²) in [6, 6.07) is 3.96. The van der Waals surface area contributed by atoms with E-state index in [2.05, 4.69) is 25.0 Å². The van der Waals surface area contributed by atoms with Crippen LogP contribution in [-0.4, -0.2) is 65.6 Å². The lowest BCUT2D eigenvalue weighted by atomic mass is 10.1. The standard InChI is InChI=1S/C28H23F7N6O4S2/c29-19-11-15(1-8-21(19)45-28(33,34)35)12-37-25(42)20-14-40(26-39-24-22(46-26)13-36-23(38-24)16-2-3-16)9-10-41(20)47(43,44)18-6-4-17(5-7-18)27(30,31)32/h1,4-8,11,13,16,20H,2-3,9-10,12,14H2,(H,37,42). The van der Waals surface area contributed by atoms with Crippen molar-refractivity contribution in [1.82, 2.24) is 24.6 Å². The van der Waals surface area contributed by atoms with Crippen LogP contribution in [0.15, 0.2) is 53.6 Å². The van der Waals surface area contributed by atoms with E-state index in [1.165, 1.54) is 11.3 Å². The maximum atomic E-state index is 14.2. The number of hydrogen-bond donors (Lipinski definition) is 1. The number of anilines is 1. The van der Waals surface area contributed by atoms with E-state index in [0.29, 0.717) is 33.4 Å². The quantitative estimate of drug-likeness (QED) is 0.249. The molecule has 10 nitrogen and oxygen atoms in total. The Kier molecular flexibility index (Phi) is 8.50. The van der Waals surface area contributed by atoms with Crippen molar-refractivity contribution < 1.29 is 48.7 Å². The van der Waals surface area contributed by atoms with Gasteiger partial charge in [0.15, 0.2) is 22.3 Å².